The van der Waals surface area contributed by atoms with Crippen LogP contribution in [-0.2, 0) is 14.3 Å². The third-order valence-corrected chi connectivity index (χ3v) is 3.84. The number of carbonyl (C=O) groups excluding carboxylic acids is 2. The van der Waals surface area contributed by atoms with Crippen molar-refractivity contribution >= 4 is 11.8 Å². The van der Waals surface area contributed by atoms with Gasteiger partial charge in [0.1, 0.15) is 12.6 Å². The smallest absolute Gasteiger partial charge is 0.249 e. The van der Waals surface area contributed by atoms with Crippen LogP contribution in [0.3, 0.4) is 0 Å². The molecule has 2 aliphatic heterocycles. The lowest BCUT2D eigenvalue weighted by Crippen LogP contribution is -2.60. The summed E-state index contributed by atoms with van der Waals surface area (Å²) in [5, 5.41) is 3.13. The number of rotatable bonds is 4. The first-order chi connectivity index (χ1) is 8.93. The molecule has 6 nitrogen and oxygen atoms in total. The van der Waals surface area contributed by atoms with Crippen molar-refractivity contribution in [1.82, 2.24) is 15.1 Å². The van der Waals surface area contributed by atoms with E-state index in [1.54, 1.807) is 23.9 Å². The van der Waals surface area contributed by atoms with E-state index in [0.29, 0.717) is 6.54 Å². The van der Waals surface area contributed by atoms with Gasteiger partial charge in [0.25, 0.3) is 0 Å². The molecule has 0 radical (unpaired) electrons. The van der Waals surface area contributed by atoms with Crippen LogP contribution in [0.2, 0.25) is 0 Å². The lowest BCUT2D eigenvalue weighted by Gasteiger charge is -2.39. The number of nitrogens with one attached hydrogen (secondary N) is 1. The Hall–Kier alpha value is -1.14. The summed E-state index contributed by atoms with van der Waals surface area (Å²) in [7, 11) is 3.45. The van der Waals surface area contributed by atoms with Gasteiger partial charge in [0.05, 0.1) is 5.60 Å². The molecule has 0 aromatic heterocycles. The number of nitrogens with zero attached hydrogens (tertiary/aromatic N) is 2. The zero-order valence-corrected chi connectivity index (χ0v) is 11.9. The second-order valence-corrected chi connectivity index (χ2v) is 5.82. The first-order valence-corrected chi connectivity index (χ1v) is 6.78. The molecule has 2 amide bonds. The standard InChI is InChI=1S/C13H23N3O3/c1-13(8-14-9-13)19-7-11(17)16-6-4-5-10(16)12(18)15(2)3/h10,14H,4-9H2,1-3H3. The van der Waals surface area contributed by atoms with E-state index in [-0.39, 0.29) is 30.1 Å². The average molecular weight is 269 g/mol. The molecule has 0 bridgehead atoms. The Morgan fingerprint density at radius 2 is 2.11 bits per heavy atom. The molecular weight excluding hydrogens is 246 g/mol. The summed E-state index contributed by atoms with van der Waals surface area (Å²) < 4.78 is 5.65. The van der Waals surface area contributed by atoms with Gasteiger partial charge in [-0.1, -0.05) is 0 Å². The number of hydrogen-bond donors (Lipinski definition) is 1. The minimum atomic E-state index is -0.307. The second kappa shape index (κ2) is 5.46. The largest absolute Gasteiger partial charge is 0.363 e. The maximum Gasteiger partial charge on any atom is 0.249 e. The van der Waals surface area contributed by atoms with Gasteiger partial charge in [-0.15, -0.1) is 0 Å². The molecule has 2 aliphatic rings. The highest BCUT2D eigenvalue weighted by Gasteiger charge is 2.37. The van der Waals surface area contributed by atoms with Crippen LogP contribution < -0.4 is 5.32 Å². The molecule has 2 heterocycles. The van der Waals surface area contributed by atoms with Gasteiger partial charge in [-0.2, -0.15) is 0 Å². The van der Waals surface area contributed by atoms with Crippen LogP contribution >= 0.6 is 0 Å². The fourth-order valence-electron chi connectivity index (χ4n) is 2.52. The van der Waals surface area contributed by atoms with E-state index in [4.69, 9.17) is 4.74 Å². The van der Waals surface area contributed by atoms with Crippen molar-refractivity contribution in [3.63, 3.8) is 0 Å². The van der Waals surface area contributed by atoms with E-state index in [1.165, 1.54) is 0 Å². The summed E-state index contributed by atoms with van der Waals surface area (Å²) in [6.45, 7) is 4.26. The van der Waals surface area contributed by atoms with Crippen molar-refractivity contribution < 1.29 is 14.3 Å². The number of likely N-dealkylation sites (N-methyl/N-ethyl adjacent to an activating group) is 1. The predicted octanol–water partition coefficient (Wildman–Crippen LogP) is -0.556. The van der Waals surface area contributed by atoms with Crippen molar-refractivity contribution in [2.75, 3.05) is 40.3 Å². The molecule has 0 aliphatic carbocycles. The molecule has 1 atom stereocenters. The summed E-state index contributed by atoms with van der Waals surface area (Å²) in [6.07, 6.45) is 1.64. The van der Waals surface area contributed by atoms with E-state index in [9.17, 15) is 9.59 Å². The molecule has 2 rings (SSSR count). The van der Waals surface area contributed by atoms with Crippen molar-refractivity contribution in [3.8, 4) is 0 Å². The van der Waals surface area contributed by atoms with Crippen LogP contribution in [-0.4, -0.2) is 73.6 Å². The number of carbonyl (C=O) groups is 2. The number of ether oxygens (including phenoxy) is 1. The van der Waals surface area contributed by atoms with E-state index in [2.05, 4.69) is 5.32 Å². The Bertz CT molecular complexity index is 366. The Morgan fingerprint density at radius 1 is 1.42 bits per heavy atom. The van der Waals surface area contributed by atoms with Crippen LogP contribution in [0.25, 0.3) is 0 Å². The van der Waals surface area contributed by atoms with E-state index in [1.807, 2.05) is 6.92 Å². The predicted molar refractivity (Wildman–Crippen MR) is 70.7 cm³/mol. The lowest BCUT2D eigenvalue weighted by molar-refractivity contribution is -0.151. The summed E-state index contributed by atoms with van der Waals surface area (Å²) in [6, 6.07) is -0.307. The van der Waals surface area contributed by atoms with Gasteiger partial charge in [-0.3, -0.25) is 9.59 Å². The molecule has 6 heteroatoms. The summed E-state index contributed by atoms with van der Waals surface area (Å²) in [4.78, 5) is 27.4. The molecule has 0 aromatic rings. The lowest BCUT2D eigenvalue weighted by atomic mass is 10.0. The van der Waals surface area contributed by atoms with Gasteiger partial charge >= 0.3 is 0 Å². The van der Waals surface area contributed by atoms with Crippen LogP contribution in [0.5, 0.6) is 0 Å². The maximum absolute atomic E-state index is 12.2. The molecule has 1 unspecified atom stereocenters. The Labute approximate surface area is 114 Å². The van der Waals surface area contributed by atoms with E-state index in [0.717, 1.165) is 25.9 Å². The quantitative estimate of drug-likeness (QED) is 0.743. The van der Waals surface area contributed by atoms with Gasteiger partial charge in [0.15, 0.2) is 0 Å². The summed E-state index contributed by atoms with van der Waals surface area (Å²) in [5.74, 6) is -0.0757. The number of hydrogen-bond acceptors (Lipinski definition) is 4. The van der Waals surface area contributed by atoms with Crippen molar-refractivity contribution in [2.24, 2.45) is 0 Å². The van der Waals surface area contributed by atoms with Crippen LogP contribution in [0.15, 0.2) is 0 Å². The molecule has 108 valence electrons. The minimum absolute atomic E-state index is 0.00220. The van der Waals surface area contributed by atoms with Gasteiger partial charge in [0, 0.05) is 33.7 Å². The highest BCUT2D eigenvalue weighted by Crippen LogP contribution is 2.20. The van der Waals surface area contributed by atoms with Gasteiger partial charge in [0.2, 0.25) is 11.8 Å². The van der Waals surface area contributed by atoms with Crippen molar-refractivity contribution in [3.05, 3.63) is 0 Å². The Morgan fingerprint density at radius 3 is 2.63 bits per heavy atom. The highest BCUT2D eigenvalue weighted by atomic mass is 16.5. The van der Waals surface area contributed by atoms with Crippen molar-refractivity contribution in [2.45, 2.75) is 31.4 Å². The molecule has 0 spiro atoms. The molecular formula is C13H23N3O3. The third kappa shape index (κ3) is 3.06. The SMILES string of the molecule is CN(C)C(=O)C1CCCN1C(=O)COC1(C)CNC1. The number of amides is 2. The monoisotopic (exact) mass is 269 g/mol. The molecule has 2 saturated heterocycles. The van der Waals surface area contributed by atoms with E-state index < -0.39 is 0 Å². The van der Waals surface area contributed by atoms with Crippen LogP contribution in [0, 0.1) is 0 Å². The minimum Gasteiger partial charge on any atom is -0.363 e. The topological polar surface area (TPSA) is 61.9 Å². The molecule has 1 N–H and O–H groups in total. The number of likely N-dealkylation sites (tertiary alicyclic amines) is 1. The summed E-state index contributed by atoms with van der Waals surface area (Å²) >= 11 is 0. The van der Waals surface area contributed by atoms with Crippen LogP contribution in [0.4, 0.5) is 0 Å². The fourth-order valence-corrected chi connectivity index (χ4v) is 2.52. The first-order valence-electron chi connectivity index (χ1n) is 6.78. The highest BCUT2D eigenvalue weighted by molar-refractivity contribution is 5.88. The van der Waals surface area contributed by atoms with Crippen LogP contribution in [0.1, 0.15) is 19.8 Å². The zero-order valence-electron chi connectivity index (χ0n) is 11.9. The Kier molecular flexibility index (Phi) is 4.10. The van der Waals surface area contributed by atoms with Crippen molar-refractivity contribution in [1.29, 1.82) is 0 Å². The fraction of sp³-hybridized carbons (Fsp3) is 0.846. The normalized spacial score (nSPS) is 25.0. The average Bonchev–Trinajstić information content (AvgIpc) is 2.81. The third-order valence-electron chi connectivity index (χ3n) is 3.84. The molecule has 0 saturated carbocycles. The van der Waals surface area contributed by atoms with E-state index >= 15 is 0 Å². The Balaban J connectivity index is 1.88. The van der Waals surface area contributed by atoms with Gasteiger partial charge in [-0.25, -0.2) is 0 Å². The maximum atomic E-state index is 12.2. The van der Waals surface area contributed by atoms with Gasteiger partial charge in [-0.05, 0) is 19.8 Å². The van der Waals surface area contributed by atoms with Gasteiger partial charge < -0.3 is 19.9 Å². The molecule has 2 fully saturated rings. The first kappa shape index (κ1) is 14.3. The second-order valence-electron chi connectivity index (χ2n) is 5.82. The summed E-state index contributed by atoms with van der Waals surface area (Å²) in [5.41, 5.74) is -0.226. The molecule has 0 aromatic carbocycles. The zero-order chi connectivity index (χ0) is 14.0. The molecule has 19 heavy (non-hydrogen) atoms.